The summed E-state index contributed by atoms with van der Waals surface area (Å²) in [6.45, 7) is 9.08. The number of carbonyl (C=O) groups is 1. The maximum Gasteiger partial charge on any atom is 0.151 e. The summed E-state index contributed by atoms with van der Waals surface area (Å²) < 4.78 is 12.0. The second-order valence-corrected chi connectivity index (χ2v) is 16.1. The van der Waals surface area contributed by atoms with Crippen molar-refractivity contribution in [2.75, 3.05) is 67.6 Å². The quantitative estimate of drug-likeness (QED) is 0.0744. The normalized spacial score (nSPS) is 9.75. The van der Waals surface area contributed by atoms with Gasteiger partial charge >= 0.3 is 0 Å². The predicted molar refractivity (Wildman–Crippen MR) is 267 cm³/mol. The molecule has 0 saturated carbocycles. The van der Waals surface area contributed by atoms with Crippen LogP contribution in [0, 0.1) is 6.92 Å². The van der Waals surface area contributed by atoms with Gasteiger partial charge in [0.05, 0.1) is 25.6 Å². The minimum absolute atomic E-state index is 0. The van der Waals surface area contributed by atoms with E-state index in [4.69, 9.17) is 20.9 Å². The summed E-state index contributed by atoms with van der Waals surface area (Å²) in [5.74, 6) is 1.75. The third-order valence-corrected chi connectivity index (χ3v) is 8.65. The number of nitrogen functional groups attached to an aromatic ring is 1. The summed E-state index contributed by atoms with van der Waals surface area (Å²) in [7, 11) is 15.6. The Morgan fingerprint density at radius 3 is 1.42 bits per heavy atom. The van der Waals surface area contributed by atoms with E-state index in [1.165, 1.54) is 22.9 Å². The Balaban J connectivity index is 0.000000792. The van der Waals surface area contributed by atoms with Gasteiger partial charge < -0.3 is 47.9 Å². The molecule has 16 heteroatoms. The van der Waals surface area contributed by atoms with Gasteiger partial charge in [0.25, 0.3) is 0 Å². The zero-order chi connectivity index (χ0) is 47.0. The average molecular weight is 1040 g/mol. The van der Waals surface area contributed by atoms with Crippen molar-refractivity contribution in [2.24, 2.45) is 5.73 Å². The van der Waals surface area contributed by atoms with Crippen LogP contribution in [0.3, 0.4) is 0 Å². The number of aldehydes is 1. The number of nitrogens with one attached hydrogen (secondary N) is 1. The van der Waals surface area contributed by atoms with Crippen molar-refractivity contribution in [2.45, 2.75) is 39.6 Å². The number of ether oxygens (including phenoxy) is 2. The van der Waals surface area contributed by atoms with Crippen LogP contribution in [0.4, 0.5) is 11.4 Å². The molecule has 0 fully saturated rings. The first-order valence-corrected chi connectivity index (χ1v) is 21.4. The van der Waals surface area contributed by atoms with Gasteiger partial charge in [0.2, 0.25) is 0 Å². The van der Waals surface area contributed by atoms with Crippen LogP contribution in [0.25, 0.3) is 0 Å². The number of hydrogen-bond donors (Lipinski definition) is 3. The van der Waals surface area contributed by atoms with Gasteiger partial charge in [0.15, 0.2) is 6.29 Å². The second-order valence-electron chi connectivity index (χ2n) is 14.2. The number of halogens is 2. The molecule has 5 N–H and O–H groups in total. The van der Waals surface area contributed by atoms with Crippen molar-refractivity contribution >= 4 is 49.5 Å². The van der Waals surface area contributed by atoms with Crippen molar-refractivity contribution in [1.82, 2.24) is 34.6 Å². The number of anilines is 2. The van der Waals surface area contributed by atoms with E-state index < -0.39 is 0 Å². The molecule has 0 bridgehead atoms. The number of aromatic nitrogens is 4. The van der Waals surface area contributed by atoms with Gasteiger partial charge in [-0.25, -0.2) is 0 Å². The van der Waals surface area contributed by atoms with Crippen LogP contribution in [0.15, 0.2) is 131 Å². The molecule has 0 aliphatic carbocycles. The first kappa shape index (κ1) is 59.3. The Morgan fingerprint density at radius 2 is 1.02 bits per heavy atom. The summed E-state index contributed by atoms with van der Waals surface area (Å²) in [4.78, 5) is 32.5. The van der Waals surface area contributed by atoms with E-state index in [2.05, 4.69) is 117 Å². The van der Waals surface area contributed by atoms with Crippen molar-refractivity contribution < 1.29 is 32.8 Å². The molecule has 4 heterocycles. The van der Waals surface area contributed by atoms with Gasteiger partial charge in [-0.1, -0.05) is 24.3 Å². The molecule has 6 aromatic rings. The second kappa shape index (κ2) is 35.6. The van der Waals surface area contributed by atoms with Crippen LogP contribution in [-0.2, 0) is 51.3 Å². The standard InChI is InChI=1S/C16H21N3O.C8H11BrN2.C8H13N3.C8H11NO.C6H4BrNO.C2H5.V/c1-19(2)12-14-8-15(11-17-9-14)18-10-13-4-6-16(20-3)7-5-13;2*1-11(2)6-7-3-8(9)5-10-4-7;1-10-8-4-2-7(6-9)3-5-8;7-6-1-5(4-9)2-8-3-6;1-2;/h4-9,11,18H,10,12H2,1-3H3;3-5H,6H2,1-2H3;3-5H,6,9H2,1-2H3;2-5H,6,9H2,1H3;1-4H;1H2,2H3;/q;;;;;-1;. The fraction of sp³-hybridized carbons (Fsp3) is 0.292. The number of pyridine rings is 4. The van der Waals surface area contributed by atoms with E-state index in [1.54, 1.807) is 45.8 Å². The van der Waals surface area contributed by atoms with E-state index in [-0.39, 0.29) is 18.6 Å². The van der Waals surface area contributed by atoms with Gasteiger partial charge in [-0.3, -0.25) is 24.7 Å². The Kier molecular flexibility index (Phi) is 33.0. The van der Waals surface area contributed by atoms with E-state index in [0.29, 0.717) is 12.1 Å². The van der Waals surface area contributed by atoms with Gasteiger partial charge in [-0.15, -0.1) is 0 Å². The molecule has 4 aromatic heterocycles. The van der Waals surface area contributed by atoms with Crippen molar-refractivity contribution in [1.29, 1.82) is 0 Å². The third-order valence-electron chi connectivity index (χ3n) is 7.78. The molecule has 13 nitrogen and oxygen atoms in total. The molecule has 0 atom stereocenters. The Hall–Kier alpha value is -4.71. The minimum Gasteiger partial charge on any atom is -0.497 e. The van der Waals surface area contributed by atoms with E-state index >= 15 is 0 Å². The number of rotatable bonds is 13. The zero-order valence-electron chi connectivity index (χ0n) is 38.6. The molecule has 2 aromatic carbocycles. The van der Waals surface area contributed by atoms with Crippen molar-refractivity contribution in [3.05, 3.63) is 172 Å². The minimum atomic E-state index is 0. The van der Waals surface area contributed by atoms with Crippen LogP contribution in [-0.4, -0.2) is 97.4 Å². The Bertz CT molecular complexity index is 2040. The first-order valence-electron chi connectivity index (χ1n) is 19.9. The molecule has 0 aliphatic rings. The van der Waals surface area contributed by atoms with Crippen LogP contribution in [0.2, 0.25) is 0 Å². The van der Waals surface area contributed by atoms with Crippen molar-refractivity contribution in [3.8, 4) is 11.5 Å². The Morgan fingerprint density at radius 1 is 0.594 bits per heavy atom. The molecule has 345 valence electrons. The Labute approximate surface area is 410 Å². The largest absolute Gasteiger partial charge is 0.497 e. The number of nitrogens with zero attached hydrogens (tertiary/aromatic N) is 7. The topological polar surface area (TPSA) is 161 Å². The summed E-state index contributed by atoms with van der Waals surface area (Å²) in [5, 5.41) is 3.39. The molecule has 0 unspecified atom stereocenters. The average Bonchev–Trinajstić information content (AvgIpc) is 3.27. The molecule has 0 amide bonds. The molecule has 0 aliphatic heterocycles. The smallest absolute Gasteiger partial charge is 0.151 e. The van der Waals surface area contributed by atoms with Crippen LogP contribution >= 0.6 is 31.9 Å². The van der Waals surface area contributed by atoms with E-state index in [1.807, 2.05) is 95.4 Å². The molecular formula is C48H65Br2N10O3V-. The zero-order valence-corrected chi connectivity index (χ0v) is 43.1. The molecule has 1 radical (unpaired) electrons. The fourth-order valence-corrected chi connectivity index (χ4v) is 5.90. The molecule has 64 heavy (non-hydrogen) atoms. The van der Waals surface area contributed by atoms with Crippen LogP contribution in [0.1, 0.15) is 45.1 Å². The summed E-state index contributed by atoms with van der Waals surface area (Å²) in [6, 6.07) is 23.6. The van der Waals surface area contributed by atoms with Gasteiger partial charge in [0, 0.05) is 115 Å². The first-order chi connectivity index (χ1) is 30.2. The number of nitrogens with two attached hydrogens (primary N) is 2. The molecule has 0 saturated heterocycles. The van der Waals surface area contributed by atoms with E-state index in [9.17, 15) is 4.79 Å². The van der Waals surface area contributed by atoms with Gasteiger partial charge in [-0.2, -0.15) is 6.92 Å². The third kappa shape index (κ3) is 28.2. The van der Waals surface area contributed by atoms with Gasteiger partial charge in [0.1, 0.15) is 11.5 Å². The summed E-state index contributed by atoms with van der Waals surface area (Å²) in [6.07, 6.45) is 14.8. The van der Waals surface area contributed by atoms with Crippen LogP contribution < -0.4 is 26.3 Å². The number of methoxy groups -OCH3 is 2. The SMILES string of the molecule is CN(C)Cc1cncc(Br)c1.CN(C)Cc1cncc(N)c1.COc1ccc(CN)cc1.COc1ccc(CNc2cncc(CN(C)C)c2)cc1.O=Cc1cncc(Br)c1.[CH2-]C.[V]. The van der Waals surface area contributed by atoms with Crippen LogP contribution in [0.5, 0.6) is 11.5 Å². The molecule has 0 spiro atoms. The number of carbonyl (C=O) groups excluding carboxylic acids is 1. The number of hydrogen-bond acceptors (Lipinski definition) is 13. The molecular weight excluding hydrogens is 975 g/mol. The van der Waals surface area contributed by atoms with Crippen molar-refractivity contribution in [3.63, 3.8) is 0 Å². The van der Waals surface area contributed by atoms with E-state index in [0.717, 1.165) is 75.4 Å². The monoisotopic (exact) mass is 1040 g/mol. The van der Waals surface area contributed by atoms with Gasteiger partial charge in [-0.05, 0) is 150 Å². The fourth-order valence-electron chi connectivity index (χ4n) is 5.10. The summed E-state index contributed by atoms with van der Waals surface area (Å²) >= 11 is 6.55. The maximum absolute atomic E-state index is 10.1. The number of benzene rings is 2. The summed E-state index contributed by atoms with van der Waals surface area (Å²) in [5.41, 5.74) is 19.2. The predicted octanol–water partition coefficient (Wildman–Crippen LogP) is 9.04. The molecule has 6 rings (SSSR count). The maximum atomic E-state index is 10.1.